The molecule has 1 N–H and O–H groups in total. The van der Waals surface area contributed by atoms with Gasteiger partial charge in [-0.25, -0.2) is 9.97 Å². The summed E-state index contributed by atoms with van der Waals surface area (Å²) in [6, 6.07) is 11.2. The Bertz CT molecular complexity index is 1030. The molecule has 0 saturated carbocycles. The summed E-state index contributed by atoms with van der Waals surface area (Å²) in [5.41, 5.74) is 3.30. The van der Waals surface area contributed by atoms with E-state index in [-0.39, 0.29) is 29.8 Å². The SMILES string of the molecule is [CH2-]C1[C@@H](c2ccccc2)[C@H](C(=O)N2Cc3nc(NC4CCOCC4)ncc3C[C@H]2C)C[C@H](C)N1C.[Lr]. The minimum atomic E-state index is -0.100. The summed E-state index contributed by atoms with van der Waals surface area (Å²) in [7, 11) is 2.13. The zero-order valence-corrected chi connectivity index (χ0v) is 23.6. The summed E-state index contributed by atoms with van der Waals surface area (Å²) < 4.78 is 5.47. The molecule has 3 aliphatic heterocycles. The summed E-state index contributed by atoms with van der Waals surface area (Å²) in [4.78, 5) is 28.0. The molecular weight excluding hydrogens is 700 g/mol. The number of carbonyl (C=O) groups is 1. The van der Waals surface area contributed by atoms with E-state index in [0.29, 0.717) is 24.6 Å². The van der Waals surface area contributed by atoms with Crippen molar-refractivity contribution in [1.82, 2.24) is 19.8 Å². The Kier molecular flexibility index (Phi) is 7.55. The van der Waals surface area contributed by atoms with E-state index in [9.17, 15) is 4.79 Å². The topological polar surface area (TPSA) is 70.6 Å². The van der Waals surface area contributed by atoms with Crippen molar-refractivity contribution in [3.8, 4) is 0 Å². The quantitative estimate of drug-likeness (QED) is 0.484. The van der Waals surface area contributed by atoms with Gasteiger partial charge in [-0.2, -0.15) is 0 Å². The van der Waals surface area contributed by atoms with Gasteiger partial charge in [-0.15, -0.1) is 6.04 Å². The molecule has 2 aromatic rings. The summed E-state index contributed by atoms with van der Waals surface area (Å²) in [5.74, 6) is 0.847. The van der Waals surface area contributed by atoms with Crippen LogP contribution in [0.1, 0.15) is 55.8 Å². The summed E-state index contributed by atoms with van der Waals surface area (Å²) in [5, 5.41) is 3.48. The molecule has 203 valence electrons. The number of fused-ring (bicyclic) bond motifs is 1. The molecule has 1 unspecified atom stereocenters. The molecular formula is C28H38LrN5O2-. The van der Waals surface area contributed by atoms with Crippen LogP contribution < -0.4 is 5.32 Å². The smallest absolute Gasteiger partial charge is 0.226 e. The third-order valence-electron chi connectivity index (χ3n) is 8.32. The molecule has 0 aliphatic carbocycles. The van der Waals surface area contributed by atoms with Gasteiger partial charge >= 0.3 is 0 Å². The number of likely N-dealkylation sites (tertiary alicyclic amines) is 1. The van der Waals surface area contributed by atoms with Crippen LogP contribution in [0.15, 0.2) is 36.5 Å². The predicted octanol–water partition coefficient (Wildman–Crippen LogP) is 3.67. The molecule has 0 spiro atoms. The zero-order valence-electron chi connectivity index (χ0n) is 21.4. The molecule has 4 heterocycles. The molecule has 1 amide bonds. The van der Waals surface area contributed by atoms with Gasteiger partial charge in [-0.05, 0) is 63.6 Å². The zero-order chi connectivity index (χ0) is 24.5. The molecule has 3 aliphatic rings. The number of nitrogens with one attached hydrogen (secondary N) is 1. The summed E-state index contributed by atoms with van der Waals surface area (Å²) in [6.45, 7) is 10.9. The van der Waals surface area contributed by atoms with Crippen LogP contribution in [0.25, 0.3) is 0 Å². The summed E-state index contributed by atoms with van der Waals surface area (Å²) in [6.07, 6.45) is 5.48. The molecule has 2 fully saturated rings. The average Bonchev–Trinajstić information content (AvgIpc) is 2.87. The number of nitrogens with zero attached hydrogens (tertiary/aromatic N) is 4. The first-order valence-electron chi connectivity index (χ1n) is 13.0. The van der Waals surface area contributed by atoms with Crippen LogP contribution in [0.5, 0.6) is 0 Å². The average molecular weight is 739 g/mol. The number of amides is 1. The van der Waals surface area contributed by atoms with Crippen LogP contribution in [0, 0.1) is 12.8 Å². The molecule has 7 nitrogen and oxygen atoms in total. The van der Waals surface area contributed by atoms with Gasteiger partial charge < -0.3 is 26.8 Å². The van der Waals surface area contributed by atoms with Crippen LogP contribution in [0.3, 0.4) is 0 Å². The van der Waals surface area contributed by atoms with E-state index in [1.165, 1.54) is 5.56 Å². The predicted molar refractivity (Wildman–Crippen MR) is 137 cm³/mol. The first-order valence-corrected chi connectivity index (χ1v) is 13.0. The Morgan fingerprint density at radius 2 is 1.86 bits per heavy atom. The van der Waals surface area contributed by atoms with Crippen molar-refractivity contribution in [3.63, 3.8) is 0 Å². The number of likely N-dealkylation sites (N-methyl/N-ethyl adjacent to an activating group) is 1. The van der Waals surface area contributed by atoms with Crippen molar-refractivity contribution in [1.29, 1.82) is 0 Å². The molecule has 2 saturated heterocycles. The van der Waals surface area contributed by atoms with E-state index in [0.717, 1.165) is 50.2 Å². The molecule has 36 heavy (non-hydrogen) atoms. The third kappa shape index (κ3) is 4.91. The van der Waals surface area contributed by atoms with E-state index in [2.05, 4.69) is 72.2 Å². The molecule has 1 aromatic carbocycles. The number of benzene rings is 1. The van der Waals surface area contributed by atoms with E-state index < -0.39 is 0 Å². The van der Waals surface area contributed by atoms with Gasteiger partial charge in [0.25, 0.3) is 0 Å². The van der Waals surface area contributed by atoms with E-state index >= 15 is 0 Å². The molecule has 1 radical (unpaired) electrons. The number of anilines is 1. The maximum atomic E-state index is 14.2. The number of ether oxygens (including phenoxy) is 1. The Morgan fingerprint density at radius 3 is 2.58 bits per heavy atom. The number of hydrogen-bond donors (Lipinski definition) is 1. The Hall–Kier alpha value is -3.51. The van der Waals surface area contributed by atoms with Crippen LogP contribution in [-0.4, -0.2) is 70.1 Å². The molecule has 1 aromatic heterocycles. The number of rotatable bonds is 4. The van der Waals surface area contributed by atoms with Crippen LogP contribution in [0.2, 0.25) is 0 Å². The van der Waals surface area contributed by atoms with Gasteiger partial charge in [0.2, 0.25) is 11.9 Å². The van der Waals surface area contributed by atoms with Crippen molar-refractivity contribution < 1.29 is 9.53 Å². The van der Waals surface area contributed by atoms with E-state index in [1.807, 2.05) is 12.3 Å². The minimum absolute atomic E-state index is 0. The minimum Gasteiger partial charge on any atom is -0.381 e. The van der Waals surface area contributed by atoms with Crippen molar-refractivity contribution in [2.75, 3.05) is 25.6 Å². The number of aromatic nitrogens is 2. The van der Waals surface area contributed by atoms with Crippen LogP contribution in [0.4, 0.5) is 5.95 Å². The van der Waals surface area contributed by atoms with Crippen molar-refractivity contribution in [2.45, 2.75) is 76.2 Å². The Labute approximate surface area is 209 Å². The van der Waals surface area contributed by atoms with Gasteiger partial charge in [0.15, 0.2) is 0 Å². The van der Waals surface area contributed by atoms with Crippen LogP contribution in [-0.2, 0) is 22.5 Å². The molecule has 5 rings (SSSR count). The van der Waals surface area contributed by atoms with Gasteiger partial charge in [-0.3, -0.25) is 4.79 Å². The van der Waals surface area contributed by atoms with Gasteiger partial charge in [0.1, 0.15) is 0 Å². The monoisotopic (exact) mass is 738 g/mol. The van der Waals surface area contributed by atoms with Gasteiger partial charge in [-0.1, -0.05) is 30.3 Å². The third-order valence-corrected chi connectivity index (χ3v) is 8.32. The van der Waals surface area contributed by atoms with Crippen molar-refractivity contribution >= 4 is 11.9 Å². The molecule has 5 atom stereocenters. The van der Waals surface area contributed by atoms with Crippen molar-refractivity contribution in [3.05, 3.63) is 60.3 Å². The standard InChI is InChI=1S/C28H38N5O2.Lr/c1-18-15-24(26(20(3)32(18)4)21-8-6-5-7-9-21)27(34)33-17-25-22(14-19(33)2)16-29-28(31-25)30-23-10-12-35-13-11-23;/h5-9,16,18-20,23-24,26H,3,10-15,17H2,1-2,4H3,(H,29,30,31);/q-1;/t18-,19+,20?,24+,26-;/m0./s1. The van der Waals surface area contributed by atoms with Crippen LogP contribution >= 0.6 is 0 Å². The fourth-order valence-corrected chi connectivity index (χ4v) is 6.01. The number of hydrogen-bond acceptors (Lipinski definition) is 6. The largest absolute Gasteiger partial charge is 0.381 e. The Balaban J connectivity index is 0.00000304. The fourth-order valence-electron chi connectivity index (χ4n) is 6.01. The molecule has 8 heteroatoms. The van der Waals surface area contributed by atoms with E-state index in [4.69, 9.17) is 9.72 Å². The normalized spacial score (nSPS) is 29.2. The number of carbonyl (C=O) groups excluding carboxylic acids is 1. The summed E-state index contributed by atoms with van der Waals surface area (Å²) >= 11 is 0. The second-order valence-corrected chi connectivity index (χ2v) is 10.6. The van der Waals surface area contributed by atoms with Gasteiger partial charge in [0.05, 0.1) is 12.2 Å². The van der Waals surface area contributed by atoms with E-state index in [1.54, 1.807) is 0 Å². The first-order chi connectivity index (χ1) is 16.9. The second kappa shape index (κ2) is 10.6. The van der Waals surface area contributed by atoms with Gasteiger partial charge in [0, 0.05) is 43.5 Å². The maximum absolute atomic E-state index is 14.2. The second-order valence-electron chi connectivity index (χ2n) is 10.6. The Morgan fingerprint density at radius 1 is 1.14 bits per heavy atom. The number of piperidine rings is 1. The maximum Gasteiger partial charge on any atom is 0.226 e. The fraction of sp³-hybridized carbons (Fsp3) is 0.571. The first kappa shape index (κ1) is 25.6. The van der Waals surface area contributed by atoms with Crippen molar-refractivity contribution in [2.24, 2.45) is 5.92 Å². The molecule has 0 bridgehead atoms.